The first-order chi connectivity index (χ1) is 8.69. The maximum Gasteiger partial charge on any atom is 0.238 e. The fourth-order valence-corrected chi connectivity index (χ4v) is 2.16. The second kappa shape index (κ2) is 5.73. The summed E-state index contributed by atoms with van der Waals surface area (Å²) in [5.41, 5.74) is 7.02. The van der Waals surface area contributed by atoms with Crippen LogP contribution in [0.2, 0.25) is 0 Å². The largest absolute Gasteiger partial charge is 0.495 e. The zero-order valence-corrected chi connectivity index (χ0v) is 10.6. The number of ether oxygens (including phenoxy) is 1. The van der Waals surface area contributed by atoms with Gasteiger partial charge in [-0.25, -0.2) is 0 Å². The number of amides is 1. The van der Waals surface area contributed by atoms with E-state index in [-0.39, 0.29) is 5.91 Å². The molecular weight excluding hydrogens is 230 g/mol. The van der Waals surface area contributed by atoms with Gasteiger partial charge in [-0.15, -0.1) is 0 Å². The molecule has 18 heavy (non-hydrogen) atoms. The number of hydrogen-bond donors (Lipinski definition) is 2. The van der Waals surface area contributed by atoms with Crippen LogP contribution in [0.25, 0.3) is 0 Å². The van der Waals surface area contributed by atoms with Gasteiger partial charge >= 0.3 is 0 Å². The van der Waals surface area contributed by atoms with Crippen molar-refractivity contribution in [1.29, 1.82) is 0 Å². The van der Waals surface area contributed by atoms with Crippen LogP contribution in [0.4, 0.5) is 11.4 Å². The van der Waals surface area contributed by atoms with E-state index < -0.39 is 0 Å². The summed E-state index contributed by atoms with van der Waals surface area (Å²) in [6, 6.07) is 5.25. The molecule has 1 aromatic carbocycles. The van der Waals surface area contributed by atoms with Crippen molar-refractivity contribution in [3.63, 3.8) is 0 Å². The number of likely N-dealkylation sites (tertiary alicyclic amines) is 1. The van der Waals surface area contributed by atoms with Crippen LogP contribution < -0.4 is 15.8 Å². The Labute approximate surface area is 107 Å². The molecule has 1 aromatic rings. The smallest absolute Gasteiger partial charge is 0.238 e. The van der Waals surface area contributed by atoms with E-state index >= 15 is 0 Å². The lowest BCUT2D eigenvalue weighted by molar-refractivity contribution is -0.117. The molecule has 3 N–H and O–H groups in total. The first kappa shape index (κ1) is 12.7. The van der Waals surface area contributed by atoms with Crippen LogP contribution in [0.1, 0.15) is 12.8 Å². The van der Waals surface area contributed by atoms with Gasteiger partial charge in [0.1, 0.15) is 5.75 Å². The SMILES string of the molecule is COc1ccc(NC(=O)CN2CCCC2)cc1N. The number of benzene rings is 1. The molecule has 5 nitrogen and oxygen atoms in total. The Morgan fingerprint density at radius 1 is 1.44 bits per heavy atom. The highest BCUT2D eigenvalue weighted by Gasteiger charge is 2.15. The highest BCUT2D eigenvalue weighted by Crippen LogP contribution is 2.24. The summed E-state index contributed by atoms with van der Waals surface area (Å²) in [5, 5.41) is 2.84. The number of carbonyl (C=O) groups excluding carboxylic acids is 1. The van der Waals surface area contributed by atoms with Crippen molar-refractivity contribution in [3.05, 3.63) is 18.2 Å². The molecule has 2 rings (SSSR count). The molecule has 5 heteroatoms. The molecule has 1 aliphatic heterocycles. The predicted molar refractivity (Wildman–Crippen MR) is 71.7 cm³/mol. The van der Waals surface area contributed by atoms with Crippen LogP contribution in [0.5, 0.6) is 5.75 Å². The van der Waals surface area contributed by atoms with Gasteiger partial charge in [0, 0.05) is 5.69 Å². The lowest BCUT2D eigenvalue weighted by atomic mass is 10.2. The van der Waals surface area contributed by atoms with E-state index in [2.05, 4.69) is 10.2 Å². The Kier molecular flexibility index (Phi) is 4.04. The molecule has 0 atom stereocenters. The van der Waals surface area contributed by atoms with Crippen molar-refractivity contribution in [1.82, 2.24) is 4.90 Å². The number of nitrogens with two attached hydrogens (primary N) is 1. The average Bonchev–Trinajstić information content (AvgIpc) is 2.82. The van der Waals surface area contributed by atoms with Crippen molar-refractivity contribution < 1.29 is 9.53 Å². The van der Waals surface area contributed by atoms with E-state index in [0.29, 0.717) is 23.7 Å². The van der Waals surface area contributed by atoms with Crippen LogP contribution >= 0.6 is 0 Å². The van der Waals surface area contributed by atoms with E-state index in [1.165, 1.54) is 12.8 Å². The van der Waals surface area contributed by atoms with Crippen molar-refractivity contribution in [3.8, 4) is 5.75 Å². The maximum absolute atomic E-state index is 11.8. The molecular formula is C13H19N3O2. The van der Waals surface area contributed by atoms with Crippen molar-refractivity contribution in [2.24, 2.45) is 0 Å². The molecule has 1 heterocycles. The van der Waals surface area contributed by atoms with Gasteiger partial charge in [0.15, 0.2) is 0 Å². The Morgan fingerprint density at radius 3 is 2.78 bits per heavy atom. The molecule has 98 valence electrons. The van der Waals surface area contributed by atoms with Crippen LogP contribution in [0.3, 0.4) is 0 Å². The zero-order chi connectivity index (χ0) is 13.0. The number of methoxy groups -OCH3 is 1. The minimum atomic E-state index is 0.00136. The third kappa shape index (κ3) is 3.13. The Morgan fingerprint density at radius 2 is 2.17 bits per heavy atom. The van der Waals surface area contributed by atoms with Crippen LogP contribution in [0.15, 0.2) is 18.2 Å². The Balaban J connectivity index is 1.92. The van der Waals surface area contributed by atoms with Gasteiger partial charge in [0.2, 0.25) is 5.91 Å². The Bertz CT molecular complexity index is 428. The third-order valence-electron chi connectivity index (χ3n) is 3.08. The van der Waals surface area contributed by atoms with E-state index in [1.54, 1.807) is 25.3 Å². The van der Waals surface area contributed by atoms with Crippen LogP contribution in [-0.4, -0.2) is 37.6 Å². The topological polar surface area (TPSA) is 67.6 Å². The number of carbonyl (C=O) groups is 1. The summed E-state index contributed by atoms with van der Waals surface area (Å²) in [6.45, 7) is 2.47. The van der Waals surface area contributed by atoms with Gasteiger partial charge in [0.25, 0.3) is 0 Å². The number of nitrogen functional groups attached to an aromatic ring is 1. The van der Waals surface area contributed by atoms with E-state index in [0.717, 1.165) is 13.1 Å². The minimum Gasteiger partial charge on any atom is -0.495 e. The predicted octanol–water partition coefficient (Wildman–Crippen LogP) is 1.31. The molecule has 1 amide bonds. The number of hydrogen-bond acceptors (Lipinski definition) is 4. The zero-order valence-electron chi connectivity index (χ0n) is 10.6. The highest BCUT2D eigenvalue weighted by molar-refractivity contribution is 5.92. The monoisotopic (exact) mass is 249 g/mol. The summed E-state index contributed by atoms with van der Waals surface area (Å²) in [7, 11) is 1.57. The summed E-state index contributed by atoms with van der Waals surface area (Å²) in [4.78, 5) is 14.0. The summed E-state index contributed by atoms with van der Waals surface area (Å²) < 4.78 is 5.07. The first-order valence-corrected chi connectivity index (χ1v) is 6.15. The molecule has 1 fully saturated rings. The van der Waals surface area contributed by atoms with Gasteiger partial charge in [-0.1, -0.05) is 0 Å². The van der Waals surface area contributed by atoms with Gasteiger partial charge in [-0.2, -0.15) is 0 Å². The minimum absolute atomic E-state index is 0.00136. The van der Waals surface area contributed by atoms with Crippen LogP contribution in [0, 0.1) is 0 Å². The van der Waals surface area contributed by atoms with Crippen LogP contribution in [-0.2, 0) is 4.79 Å². The quantitative estimate of drug-likeness (QED) is 0.790. The fourth-order valence-electron chi connectivity index (χ4n) is 2.16. The fraction of sp³-hybridized carbons (Fsp3) is 0.462. The molecule has 0 aliphatic carbocycles. The van der Waals surface area contributed by atoms with Gasteiger partial charge < -0.3 is 15.8 Å². The molecule has 1 saturated heterocycles. The van der Waals surface area contributed by atoms with Gasteiger partial charge in [-0.3, -0.25) is 9.69 Å². The molecule has 1 aliphatic rings. The van der Waals surface area contributed by atoms with Gasteiger partial charge in [-0.05, 0) is 44.1 Å². The van der Waals surface area contributed by atoms with E-state index in [9.17, 15) is 4.79 Å². The standard InChI is InChI=1S/C13H19N3O2/c1-18-12-5-4-10(8-11(12)14)15-13(17)9-16-6-2-3-7-16/h4-5,8H,2-3,6-7,9,14H2,1H3,(H,15,17). The summed E-state index contributed by atoms with van der Waals surface area (Å²) in [5.74, 6) is 0.619. The molecule has 0 spiro atoms. The lowest BCUT2D eigenvalue weighted by Gasteiger charge is -2.14. The van der Waals surface area contributed by atoms with E-state index in [1.807, 2.05) is 0 Å². The number of nitrogens with zero attached hydrogens (tertiary/aromatic N) is 1. The summed E-state index contributed by atoms with van der Waals surface area (Å²) >= 11 is 0. The number of rotatable bonds is 4. The third-order valence-corrected chi connectivity index (χ3v) is 3.08. The molecule has 0 aromatic heterocycles. The maximum atomic E-state index is 11.8. The number of nitrogens with one attached hydrogen (secondary N) is 1. The second-order valence-corrected chi connectivity index (χ2v) is 4.49. The second-order valence-electron chi connectivity index (χ2n) is 4.49. The molecule has 0 unspecified atom stereocenters. The van der Waals surface area contributed by atoms with E-state index in [4.69, 9.17) is 10.5 Å². The molecule has 0 bridgehead atoms. The summed E-state index contributed by atoms with van der Waals surface area (Å²) in [6.07, 6.45) is 2.37. The first-order valence-electron chi connectivity index (χ1n) is 6.15. The average molecular weight is 249 g/mol. The number of anilines is 2. The normalized spacial score (nSPS) is 15.6. The van der Waals surface area contributed by atoms with Crippen molar-refractivity contribution in [2.75, 3.05) is 37.8 Å². The molecule has 0 saturated carbocycles. The Hall–Kier alpha value is -1.75. The van der Waals surface area contributed by atoms with Crippen molar-refractivity contribution in [2.45, 2.75) is 12.8 Å². The van der Waals surface area contributed by atoms with Crippen molar-refractivity contribution >= 4 is 17.3 Å². The molecule has 0 radical (unpaired) electrons. The van der Waals surface area contributed by atoms with Gasteiger partial charge in [0.05, 0.1) is 19.3 Å². The highest BCUT2D eigenvalue weighted by atomic mass is 16.5. The lowest BCUT2D eigenvalue weighted by Crippen LogP contribution is -2.30.